The molecule has 0 bridgehead atoms. The van der Waals surface area contributed by atoms with Gasteiger partial charge >= 0.3 is 0 Å². The van der Waals surface area contributed by atoms with Crippen molar-refractivity contribution in [2.75, 3.05) is 36.1 Å². The van der Waals surface area contributed by atoms with Gasteiger partial charge in [-0.1, -0.05) is 18.2 Å². The highest BCUT2D eigenvalue weighted by Crippen LogP contribution is 2.48. The summed E-state index contributed by atoms with van der Waals surface area (Å²) in [5.41, 5.74) is 2.40. The van der Waals surface area contributed by atoms with E-state index in [1.165, 1.54) is 24.3 Å². The zero-order chi connectivity index (χ0) is 25.6. The molecular formula is C26H24N4O6. The van der Waals surface area contributed by atoms with Crippen LogP contribution in [0.4, 0.5) is 22.7 Å². The van der Waals surface area contributed by atoms with Crippen LogP contribution in [-0.4, -0.2) is 44.0 Å². The number of carbonyl (C=O) groups is 2. The topological polar surface area (TPSA) is 105 Å². The van der Waals surface area contributed by atoms with Crippen molar-refractivity contribution in [3.8, 4) is 5.75 Å². The summed E-state index contributed by atoms with van der Waals surface area (Å²) in [5, 5.41) is 12.8. The number of anilines is 3. The number of methoxy groups -OCH3 is 1. The quantitative estimate of drug-likeness (QED) is 0.294. The predicted molar refractivity (Wildman–Crippen MR) is 133 cm³/mol. The van der Waals surface area contributed by atoms with E-state index in [2.05, 4.69) is 0 Å². The van der Waals surface area contributed by atoms with Gasteiger partial charge in [-0.25, -0.2) is 9.96 Å². The van der Waals surface area contributed by atoms with Crippen molar-refractivity contribution in [2.24, 2.45) is 5.92 Å². The monoisotopic (exact) mass is 488 g/mol. The Labute approximate surface area is 207 Å². The first kappa shape index (κ1) is 23.3. The van der Waals surface area contributed by atoms with Gasteiger partial charge in [-0.2, -0.15) is 0 Å². The van der Waals surface area contributed by atoms with Gasteiger partial charge in [-0.3, -0.25) is 24.5 Å². The summed E-state index contributed by atoms with van der Waals surface area (Å²) in [6.07, 6.45) is -1.07. The van der Waals surface area contributed by atoms with E-state index in [4.69, 9.17) is 9.57 Å². The number of hydrogen-bond acceptors (Lipinski definition) is 8. The Hall–Kier alpha value is -4.44. The fourth-order valence-electron chi connectivity index (χ4n) is 4.68. The number of imide groups is 1. The molecule has 3 atom stereocenters. The van der Waals surface area contributed by atoms with E-state index in [1.54, 1.807) is 36.4 Å². The average Bonchev–Trinajstić information content (AvgIpc) is 3.40. The lowest BCUT2D eigenvalue weighted by Gasteiger charge is -2.29. The van der Waals surface area contributed by atoms with E-state index in [0.717, 1.165) is 16.2 Å². The smallest absolute Gasteiger partial charge is 0.271 e. The molecule has 0 N–H and O–H groups in total. The molecule has 10 nitrogen and oxygen atoms in total. The summed E-state index contributed by atoms with van der Waals surface area (Å²) in [6.45, 7) is 0. The van der Waals surface area contributed by atoms with E-state index in [0.29, 0.717) is 17.1 Å². The molecule has 0 saturated carbocycles. The summed E-state index contributed by atoms with van der Waals surface area (Å²) in [7, 11) is 5.38. The standard InChI is InChI=1S/C26H24N4O6/c1-27(2)17-9-7-16(8-10-17)23-22-24(36-29(23)19-5-4-6-20(15-19)30(33)34)26(32)28(25(22)31)18-11-13-21(35-3)14-12-18/h4-15,22-24H,1-3H3/t22-,23-,24-/m0/s1. The van der Waals surface area contributed by atoms with Crippen LogP contribution in [0.15, 0.2) is 72.8 Å². The molecule has 0 spiro atoms. The van der Waals surface area contributed by atoms with Crippen molar-refractivity contribution in [3.63, 3.8) is 0 Å². The second kappa shape index (κ2) is 8.97. The number of nitro groups is 1. The summed E-state index contributed by atoms with van der Waals surface area (Å²) >= 11 is 0. The Morgan fingerprint density at radius 3 is 2.25 bits per heavy atom. The fourth-order valence-corrected chi connectivity index (χ4v) is 4.68. The lowest BCUT2D eigenvalue weighted by Crippen LogP contribution is -2.37. The van der Waals surface area contributed by atoms with Gasteiger partial charge in [0.15, 0.2) is 6.10 Å². The number of carbonyl (C=O) groups excluding carboxylic acids is 2. The number of hydroxylamine groups is 1. The SMILES string of the molecule is COc1ccc(N2C(=O)[C@@H]3[C@H](ON(c4cccc([N+](=O)[O-])c4)[C@H]3c3ccc(N(C)C)cc3)C2=O)cc1. The van der Waals surface area contributed by atoms with Gasteiger partial charge in [0.05, 0.1) is 29.4 Å². The normalized spacial score (nSPS) is 21.0. The van der Waals surface area contributed by atoms with Gasteiger partial charge in [0.25, 0.3) is 11.6 Å². The van der Waals surface area contributed by atoms with Crippen molar-refractivity contribution in [2.45, 2.75) is 12.1 Å². The van der Waals surface area contributed by atoms with Crippen molar-refractivity contribution >= 4 is 34.6 Å². The molecule has 0 radical (unpaired) electrons. The van der Waals surface area contributed by atoms with Crippen LogP contribution in [0.1, 0.15) is 11.6 Å². The van der Waals surface area contributed by atoms with Gasteiger partial charge in [-0.15, -0.1) is 0 Å². The van der Waals surface area contributed by atoms with Crippen LogP contribution in [0.2, 0.25) is 0 Å². The summed E-state index contributed by atoms with van der Waals surface area (Å²) in [5.74, 6) is -1.13. The van der Waals surface area contributed by atoms with Gasteiger partial charge < -0.3 is 9.64 Å². The lowest BCUT2D eigenvalue weighted by atomic mass is 9.90. The molecule has 5 rings (SSSR count). The van der Waals surface area contributed by atoms with Crippen LogP contribution in [0, 0.1) is 16.0 Å². The van der Waals surface area contributed by atoms with Crippen molar-refractivity contribution in [3.05, 3.63) is 88.5 Å². The molecule has 2 heterocycles. The summed E-state index contributed by atoms with van der Waals surface area (Å²) < 4.78 is 5.18. The maximum atomic E-state index is 13.7. The molecule has 2 saturated heterocycles. The average molecular weight is 489 g/mol. The highest BCUT2D eigenvalue weighted by Gasteiger charge is 2.60. The first-order chi connectivity index (χ1) is 17.3. The molecule has 3 aromatic carbocycles. The van der Waals surface area contributed by atoms with E-state index < -0.39 is 34.8 Å². The van der Waals surface area contributed by atoms with E-state index in [9.17, 15) is 19.7 Å². The largest absolute Gasteiger partial charge is 0.497 e. The second-order valence-electron chi connectivity index (χ2n) is 8.80. The minimum Gasteiger partial charge on any atom is -0.497 e. The number of benzene rings is 3. The number of amides is 2. The maximum absolute atomic E-state index is 13.7. The minimum atomic E-state index is -1.07. The van der Waals surface area contributed by atoms with E-state index in [1.807, 2.05) is 43.3 Å². The number of nitrogens with zero attached hydrogens (tertiary/aromatic N) is 4. The molecule has 0 aliphatic carbocycles. The van der Waals surface area contributed by atoms with Crippen LogP contribution >= 0.6 is 0 Å². The number of nitro benzene ring substituents is 1. The molecular weight excluding hydrogens is 464 g/mol. The van der Waals surface area contributed by atoms with Crippen LogP contribution in [0.5, 0.6) is 5.75 Å². The number of rotatable bonds is 6. The third-order valence-corrected chi connectivity index (χ3v) is 6.49. The van der Waals surface area contributed by atoms with Gasteiger partial charge in [-0.05, 0) is 48.0 Å². The zero-order valence-electron chi connectivity index (χ0n) is 19.9. The number of hydrogen-bond donors (Lipinski definition) is 0. The molecule has 2 amide bonds. The minimum absolute atomic E-state index is 0.118. The van der Waals surface area contributed by atoms with E-state index in [-0.39, 0.29) is 5.69 Å². The van der Waals surface area contributed by atoms with Crippen LogP contribution in [0.3, 0.4) is 0 Å². The Kier molecular flexibility index (Phi) is 5.81. The second-order valence-corrected chi connectivity index (χ2v) is 8.80. The number of ether oxygens (including phenoxy) is 1. The predicted octanol–water partition coefficient (Wildman–Crippen LogP) is 3.72. The van der Waals surface area contributed by atoms with Crippen molar-refractivity contribution in [1.29, 1.82) is 0 Å². The molecule has 2 aliphatic heterocycles. The third-order valence-electron chi connectivity index (χ3n) is 6.49. The zero-order valence-corrected chi connectivity index (χ0v) is 19.9. The van der Waals surface area contributed by atoms with Gasteiger partial charge in [0.2, 0.25) is 5.91 Å². The van der Waals surface area contributed by atoms with Gasteiger partial charge in [0.1, 0.15) is 11.7 Å². The van der Waals surface area contributed by atoms with Crippen molar-refractivity contribution < 1.29 is 24.1 Å². The van der Waals surface area contributed by atoms with Crippen LogP contribution in [-0.2, 0) is 14.4 Å². The van der Waals surface area contributed by atoms with Crippen LogP contribution in [0.25, 0.3) is 0 Å². The number of fused-ring (bicyclic) bond motifs is 1. The Balaban J connectivity index is 1.57. The van der Waals surface area contributed by atoms with Gasteiger partial charge in [0, 0.05) is 31.9 Å². The van der Waals surface area contributed by atoms with Crippen molar-refractivity contribution in [1.82, 2.24) is 0 Å². The molecule has 3 aromatic rings. The van der Waals surface area contributed by atoms with Crippen LogP contribution < -0.4 is 19.6 Å². The molecule has 36 heavy (non-hydrogen) atoms. The Morgan fingerprint density at radius 2 is 1.64 bits per heavy atom. The Bertz CT molecular complexity index is 1330. The molecule has 184 valence electrons. The summed E-state index contributed by atoms with van der Waals surface area (Å²) in [4.78, 5) is 47.2. The lowest BCUT2D eigenvalue weighted by molar-refractivity contribution is -0.384. The first-order valence-electron chi connectivity index (χ1n) is 11.3. The highest BCUT2D eigenvalue weighted by molar-refractivity contribution is 6.23. The highest BCUT2D eigenvalue weighted by atomic mass is 16.7. The molecule has 2 fully saturated rings. The first-order valence-corrected chi connectivity index (χ1v) is 11.3. The fraction of sp³-hybridized carbons (Fsp3) is 0.231. The third kappa shape index (κ3) is 3.81. The summed E-state index contributed by atoms with van der Waals surface area (Å²) in [6, 6.07) is 19.5. The molecule has 0 aromatic heterocycles. The molecule has 10 heteroatoms. The van der Waals surface area contributed by atoms with E-state index >= 15 is 0 Å². The number of non-ortho nitro benzene ring substituents is 1. The maximum Gasteiger partial charge on any atom is 0.271 e. The molecule has 2 aliphatic rings. The Morgan fingerprint density at radius 1 is 0.944 bits per heavy atom. The molecule has 0 unspecified atom stereocenters.